The molecule has 1 saturated heterocycles. The van der Waals surface area contributed by atoms with Gasteiger partial charge in [-0.2, -0.15) is 18.3 Å². The van der Waals surface area contributed by atoms with Crippen molar-refractivity contribution in [1.29, 1.82) is 0 Å². The number of carboxylic acid groups (broad SMARTS) is 1. The number of hydrogen-bond donors (Lipinski definition) is 2. The first-order chi connectivity index (χ1) is 12.0. The van der Waals surface area contributed by atoms with Crippen molar-refractivity contribution in [1.82, 2.24) is 20.0 Å². The summed E-state index contributed by atoms with van der Waals surface area (Å²) in [6.45, 7) is 1.60. The van der Waals surface area contributed by atoms with Gasteiger partial charge in [0.15, 0.2) is 5.69 Å². The lowest BCUT2D eigenvalue weighted by molar-refractivity contribution is -0.148. The predicted octanol–water partition coefficient (Wildman–Crippen LogP) is 0.811. The number of β-lactam (4-membered cyclic amide) rings is 1. The van der Waals surface area contributed by atoms with Crippen molar-refractivity contribution in [2.75, 3.05) is 5.75 Å². The van der Waals surface area contributed by atoms with E-state index in [9.17, 15) is 32.7 Å². The van der Waals surface area contributed by atoms with Crippen molar-refractivity contribution in [2.24, 2.45) is 7.05 Å². The first-order valence-electron chi connectivity index (χ1n) is 7.32. The van der Waals surface area contributed by atoms with E-state index in [0.717, 1.165) is 11.9 Å². The fourth-order valence-electron chi connectivity index (χ4n) is 2.83. The van der Waals surface area contributed by atoms with E-state index in [-0.39, 0.29) is 5.70 Å². The maximum atomic E-state index is 12.8. The minimum absolute atomic E-state index is 0.124. The molecule has 2 atom stereocenters. The zero-order chi connectivity index (χ0) is 19.4. The maximum Gasteiger partial charge on any atom is 0.433 e. The fourth-order valence-corrected chi connectivity index (χ4v) is 4.13. The van der Waals surface area contributed by atoms with E-state index in [1.807, 2.05) is 0 Å². The molecule has 2 aliphatic rings. The third-order valence-corrected chi connectivity index (χ3v) is 5.48. The second-order valence-electron chi connectivity index (χ2n) is 5.83. The number of aromatic nitrogens is 2. The molecule has 0 saturated carbocycles. The van der Waals surface area contributed by atoms with Crippen LogP contribution < -0.4 is 5.32 Å². The molecule has 2 N–H and O–H groups in total. The molecule has 3 heterocycles. The molecule has 0 radical (unpaired) electrons. The lowest BCUT2D eigenvalue weighted by Crippen LogP contribution is -2.70. The number of carbonyl (C=O) groups is 3. The highest BCUT2D eigenvalue weighted by Gasteiger charge is 2.54. The van der Waals surface area contributed by atoms with E-state index >= 15 is 0 Å². The van der Waals surface area contributed by atoms with Gasteiger partial charge in [0, 0.05) is 18.9 Å². The number of hydrogen-bond acceptors (Lipinski definition) is 5. The molecule has 0 bridgehead atoms. The monoisotopic (exact) mass is 390 g/mol. The van der Waals surface area contributed by atoms with E-state index in [0.29, 0.717) is 22.1 Å². The molecule has 0 aliphatic carbocycles. The Morgan fingerprint density at radius 2 is 2.08 bits per heavy atom. The Kier molecular flexibility index (Phi) is 4.25. The summed E-state index contributed by atoms with van der Waals surface area (Å²) < 4.78 is 38.9. The average molecular weight is 390 g/mol. The van der Waals surface area contributed by atoms with Crippen LogP contribution >= 0.6 is 11.8 Å². The summed E-state index contributed by atoms with van der Waals surface area (Å²) in [4.78, 5) is 36.8. The Morgan fingerprint density at radius 3 is 2.62 bits per heavy atom. The lowest BCUT2D eigenvalue weighted by atomic mass is 10.0. The van der Waals surface area contributed by atoms with Crippen molar-refractivity contribution in [3.63, 3.8) is 0 Å². The van der Waals surface area contributed by atoms with Crippen molar-refractivity contribution in [2.45, 2.75) is 24.5 Å². The van der Waals surface area contributed by atoms with Gasteiger partial charge in [0.05, 0.1) is 0 Å². The van der Waals surface area contributed by atoms with E-state index < -0.39 is 46.8 Å². The first kappa shape index (κ1) is 18.3. The summed E-state index contributed by atoms with van der Waals surface area (Å²) in [6, 6.07) is -0.428. The molecule has 3 rings (SSSR count). The van der Waals surface area contributed by atoms with E-state index in [1.165, 1.54) is 11.8 Å². The van der Waals surface area contributed by atoms with Crippen LogP contribution in [0.4, 0.5) is 13.2 Å². The van der Waals surface area contributed by atoms with Crippen LogP contribution in [0.15, 0.2) is 17.3 Å². The molecule has 0 spiro atoms. The van der Waals surface area contributed by atoms with Gasteiger partial charge >= 0.3 is 12.1 Å². The number of carbonyl (C=O) groups excluding carboxylic acids is 2. The van der Waals surface area contributed by atoms with E-state index in [2.05, 4.69) is 10.4 Å². The van der Waals surface area contributed by atoms with Crippen molar-refractivity contribution < 1.29 is 32.7 Å². The number of nitrogens with zero attached hydrogens (tertiary/aromatic N) is 3. The molecule has 26 heavy (non-hydrogen) atoms. The number of alkyl halides is 3. The van der Waals surface area contributed by atoms with E-state index in [1.54, 1.807) is 6.92 Å². The Balaban J connectivity index is 1.77. The largest absolute Gasteiger partial charge is 0.477 e. The predicted molar refractivity (Wildman–Crippen MR) is 82.9 cm³/mol. The maximum absolute atomic E-state index is 12.8. The van der Waals surface area contributed by atoms with Crippen LogP contribution in [0.5, 0.6) is 0 Å². The smallest absolute Gasteiger partial charge is 0.433 e. The SMILES string of the molecule is CC1=C(C(=O)O)N2C(=O)[C@H](NC(=O)c3cc(C(F)(F)F)n(C)n3)[C@H]2SC1. The van der Waals surface area contributed by atoms with Crippen LogP contribution in [0.3, 0.4) is 0 Å². The number of aryl methyl sites for hydroxylation is 1. The topological polar surface area (TPSA) is 105 Å². The Labute approximate surface area is 149 Å². The lowest BCUT2D eigenvalue weighted by Gasteiger charge is -2.49. The summed E-state index contributed by atoms with van der Waals surface area (Å²) in [5.74, 6) is -2.44. The van der Waals surface area contributed by atoms with Gasteiger partial charge < -0.3 is 10.4 Å². The number of amides is 2. The van der Waals surface area contributed by atoms with Crippen LogP contribution in [0.1, 0.15) is 23.1 Å². The zero-order valence-electron chi connectivity index (χ0n) is 13.5. The molecule has 140 valence electrons. The highest BCUT2D eigenvalue weighted by molar-refractivity contribution is 8.00. The summed E-state index contributed by atoms with van der Waals surface area (Å²) in [6.07, 6.45) is -4.67. The summed E-state index contributed by atoms with van der Waals surface area (Å²) >= 11 is 1.27. The summed E-state index contributed by atoms with van der Waals surface area (Å²) in [7, 11) is 1.06. The number of aliphatic carboxylic acids is 1. The second kappa shape index (κ2) is 6.04. The molecule has 2 aliphatic heterocycles. The Bertz CT molecular complexity index is 848. The molecular weight excluding hydrogens is 377 g/mol. The van der Waals surface area contributed by atoms with Gasteiger partial charge in [0.2, 0.25) is 0 Å². The first-order valence-corrected chi connectivity index (χ1v) is 8.37. The molecular formula is C14H13F3N4O4S. The number of halogens is 3. The van der Waals surface area contributed by atoms with Crippen molar-refractivity contribution in [3.05, 3.63) is 28.7 Å². The third-order valence-electron chi connectivity index (χ3n) is 4.05. The normalized spacial score (nSPS) is 22.8. The molecule has 8 nitrogen and oxygen atoms in total. The fraction of sp³-hybridized carbons (Fsp3) is 0.429. The van der Waals surface area contributed by atoms with Crippen LogP contribution in [0.25, 0.3) is 0 Å². The molecule has 2 amide bonds. The summed E-state index contributed by atoms with van der Waals surface area (Å²) in [5, 5.41) is 14.5. The van der Waals surface area contributed by atoms with Crippen molar-refractivity contribution in [3.8, 4) is 0 Å². The molecule has 0 unspecified atom stereocenters. The number of carboxylic acids is 1. The minimum atomic E-state index is -4.67. The Hall–Kier alpha value is -2.50. The third kappa shape index (κ3) is 2.83. The van der Waals surface area contributed by atoms with Gasteiger partial charge in [-0.1, -0.05) is 0 Å². The molecule has 1 aromatic heterocycles. The average Bonchev–Trinajstić information content (AvgIpc) is 2.94. The second-order valence-corrected chi connectivity index (χ2v) is 6.94. The quantitative estimate of drug-likeness (QED) is 0.741. The molecule has 1 fully saturated rings. The van der Waals surface area contributed by atoms with Gasteiger partial charge in [0.1, 0.15) is 22.8 Å². The van der Waals surface area contributed by atoms with Crippen LogP contribution in [0.2, 0.25) is 0 Å². The highest BCUT2D eigenvalue weighted by Crippen LogP contribution is 2.40. The number of thioether (sulfide) groups is 1. The van der Waals surface area contributed by atoms with Crippen LogP contribution in [-0.2, 0) is 22.8 Å². The molecule has 0 aromatic carbocycles. The molecule has 1 aromatic rings. The van der Waals surface area contributed by atoms with Gasteiger partial charge in [-0.05, 0) is 12.5 Å². The van der Waals surface area contributed by atoms with E-state index in [4.69, 9.17) is 0 Å². The Morgan fingerprint density at radius 1 is 1.42 bits per heavy atom. The van der Waals surface area contributed by atoms with Gasteiger partial charge in [0.25, 0.3) is 11.8 Å². The van der Waals surface area contributed by atoms with Crippen LogP contribution in [0, 0.1) is 0 Å². The number of nitrogens with one attached hydrogen (secondary N) is 1. The zero-order valence-corrected chi connectivity index (χ0v) is 14.3. The van der Waals surface area contributed by atoms with Gasteiger partial charge in [-0.25, -0.2) is 4.79 Å². The number of rotatable bonds is 3. The number of fused-ring (bicyclic) bond motifs is 1. The minimum Gasteiger partial charge on any atom is -0.477 e. The van der Waals surface area contributed by atoms with Crippen LogP contribution in [-0.4, -0.2) is 54.7 Å². The van der Waals surface area contributed by atoms with Gasteiger partial charge in [-0.3, -0.25) is 19.2 Å². The standard InChI is InChI=1S/C14H13F3N4O4S/c1-5-4-26-12-8(11(23)21(12)9(5)13(24)25)18-10(22)6-3-7(14(15,16)17)20(2)19-6/h3,8,12H,4H2,1-2H3,(H,18,22)(H,24,25)/t8-,12+/m0/s1. The highest BCUT2D eigenvalue weighted by atomic mass is 32.2. The molecule has 12 heteroatoms. The van der Waals surface area contributed by atoms with Gasteiger partial charge in [-0.15, -0.1) is 11.8 Å². The summed E-state index contributed by atoms with van der Waals surface area (Å²) in [5.41, 5.74) is -1.17. The van der Waals surface area contributed by atoms with Crippen molar-refractivity contribution >= 4 is 29.5 Å².